The zero-order valence-electron chi connectivity index (χ0n) is 13.4. The van der Waals surface area contributed by atoms with Gasteiger partial charge in [-0.05, 0) is 54.4 Å². The first-order valence-corrected chi connectivity index (χ1v) is 8.18. The first-order valence-electron chi connectivity index (χ1n) is 7.38. The molecule has 0 atom stereocenters. The lowest BCUT2D eigenvalue weighted by molar-refractivity contribution is 0.463. The average molecular weight is 383 g/mol. The summed E-state index contributed by atoms with van der Waals surface area (Å²) in [5.74, 6) is 1.76. The van der Waals surface area contributed by atoms with Crippen molar-refractivity contribution >= 4 is 21.9 Å². The summed E-state index contributed by atoms with van der Waals surface area (Å²) in [7, 11) is 0. The summed E-state index contributed by atoms with van der Waals surface area (Å²) in [5, 5.41) is 6.29. The summed E-state index contributed by atoms with van der Waals surface area (Å²) in [6.07, 6.45) is 0. The third kappa shape index (κ3) is 5.06. The summed E-state index contributed by atoms with van der Waals surface area (Å²) in [4.78, 5) is 8.76. The molecular weight excluding hydrogens is 363 g/mol. The fourth-order valence-electron chi connectivity index (χ4n) is 1.92. The molecule has 2 rings (SSSR count). The topological polar surface area (TPSA) is 62.5 Å². The number of guanidine groups is 1. The second kappa shape index (κ2) is 8.10. The Morgan fingerprint density at radius 1 is 1.35 bits per heavy atom. The van der Waals surface area contributed by atoms with Crippen LogP contribution >= 0.6 is 15.9 Å². The largest absolute Gasteiger partial charge is 0.444 e. The van der Waals surface area contributed by atoms with Crippen LogP contribution in [0.3, 0.4) is 0 Å². The van der Waals surface area contributed by atoms with Crippen molar-refractivity contribution in [1.29, 1.82) is 0 Å². The predicted octanol–water partition coefficient (Wildman–Crippen LogP) is 3.45. The molecule has 0 aliphatic rings. The van der Waals surface area contributed by atoms with Crippen LogP contribution < -0.4 is 10.6 Å². The van der Waals surface area contributed by atoms with E-state index in [1.54, 1.807) is 6.07 Å². The first-order chi connectivity index (χ1) is 11.0. The lowest BCUT2D eigenvalue weighted by Gasteiger charge is -2.10. The quantitative estimate of drug-likeness (QED) is 0.613. The number of benzene rings is 1. The van der Waals surface area contributed by atoms with Crippen molar-refractivity contribution in [2.24, 2.45) is 4.99 Å². The normalized spacial score (nSPS) is 11.6. The van der Waals surface area contributed by atoms with Crippen LogP contribution in [-0.2, 0) is 13.1 Å². The van der Waals surface area contributed by atoms with Gasteiger partial charge in [0.05, 0.1) is 23.3 Å². The van der Waals surface area contributed by atoms with Gasteiger partial charge in [-0.25, -0.2) is 14.4 Å². The molecule has 124 valence electrons. The molecule has 0 spiro atoms. The predicted molar refractivity (Wildman–Crippen MR) is 91.7 cm³/mol. The van der Waals surface area contributed by atoms with Crippen LogP contribution in [0.1, 0.15) is 29.8 Å². The molecule has 2 aromatic rings. The molecule has 0 aliphatic heterocycles. The molecule has 7 heteroatoms. The maximum Gasteiger partial charge on any atom is 0.214 e. The number of hydrogen-bond donors (Lipinski definition) is 2. The van der Waals surface area contributed by atoms with Crippen LogP contribution in [0.15, 0.2) is 32.1 Å². The van der Waals surface area contributed by atoms with Gasteiger partial charge in [-0.15, -0.1) is 0 Å². The second-order valence-electron chi connectivity index (χ2n) is 5.05. The minimum absolute atomic E-state index is 0.290. The first kappa shape index (κ1) is 17.5. The highest BCUT2D eigenvalue weighted by Gasteiger charge is 2.06. The van der Waals surface area contributed by atoms with E-state index in [1.165, 1.54) is 6.07 Å². The average Bonchev–Trinajstić information content (AvgIpc) is 2.84. The van der Waals surface area contributed by atoms with Gasteiger partial charge in [-0.2, -0.15) is 0 Å². The molecule has 0 aliphatic carbocycles. The molecular formula is C16H20BrFN4O. The zero-order valence-corrected chi connectivity index (χ0v) is 15.0. The van der Waals surface area contributed by atoms with Gasteiger partial charge in [-0.1, -0.05) is 6.07 Å². The van der Waals surface area contributed by atoms with Gasteiger partial charge >= 0.3 is 0 Å². The molecule has 0 bridgehead atoms. The van der Waals surface area contributed by atoms with Crippen molar-refractivity contribution in [2.75, 3.05) is 6.54 Å². The van der Waals surface area contributed by atoms with Gasteiger partial charge in [0.25, 0.3) is 0 Å². The number of aliphatic imine (C=N–C) groups is 1. The van der Waals surface area contributed by atoms with Crippen LogP contribution in [0.25, 0.3) is 0 Å². The highest BCUT2D eigenvalue weighted by atomic mass is 79.9. The Kier molecular flexibility index (Phi) is 6.15. The number of aromatic nitrogens is 1. The molecule has 1 heterocycles. The van der Waals surface area contributed by atoms with E-state index in [-0.39, 0.29) is 5.82 Å². The van der Waals surface area contributed by atoms with Crippen LogP contribution in [0.5, 0.6) is 0 Å². The summed E-state index contributed by atoms with van der Waals surface area (Å²) in [6.45, 7) is 7.31. The smallest absolute Gasteiger partial charge is 0.214 e. The molecule has 0 radical (unpaired) electrons. The van der Waals surface area contributed by atoms with Crippen LogP contribution in [-0.4, -0.2) is 17.5 Å². The number of oxazole rings is 1. The number of rotatable bonds is 5. The lowest BCUT2D eigenvalue weighted by atomic mass is 10.2. The monoisotopic (exact) mass is 382 g/mol. The maximum absolute atomic E-state index is 13.5. The molecule has 0 fully saturated rings. The van der Waals surface area contributed by atoms with Gasteiger partial charge < -0.3 is 15.1 Å². The molecule has 1 aromatic heterocycles. The van der Waals surface area contributed by atoms with Gasteiger partial charge in [0.15, 0.2) is 5.96 Å². The van der Waals surface area contributed by atoms with E-state index in [0.29, 0.717) is 29.4 Å². The molecule has 1 aromatic carbocycles. The Labute approximate surface area is 143 Å². The third-order valence-electron chi connectivity index (χ3n) is 3.23. The summed E-state index contributed by atoms with van der Waals surface area (Å²) < 4.78 is 19.5. The Balaban J connectivity index is 2.00. The van der Waals surface area contributed by atoms with E-state index in [1.807, 2.05) is 26.8 Å². The van der Waals surface area contributed by atoms with Gasteiger partial charge in [0, 0.05) is 6.54 Å². The molecule has 2 N–H and O–H groups in total. The minimum atomic E-state index is -0.290. The number of aryl methyl sites for hydroxylation is 2. The Bertz CT molecular complexity index is 680. The number of nitrogens with zero attached hydrogens (tertiary/aromatic N) is 2. The van der Waals surface area contributed by atoms with Gasteiger partial charge in [0.1, 0.15) is 11.6 Å². The molecule has 0 amide bonds. The molecule has 5 nitrogen and oxygen atoms in total. The van der Waals surface area contributed by atoms with Crippen LogP contribution in [0.4, 0.5) is 4.39 Å². The molecule has 0 saturated carbocycles. The lowest BCUT2D eigenvalue weighted by Crippen LogP contribution is -2.36. The maximum atomic E-state index is 13.5. The standard InChI is InChI=1S/C16H20BrFN4O/c1-4-19-16(21-9-15-22-10(2)11(3)23-15)20-8-12-5-6-13(17)14(18)7-12/h5-7H,4,8-9H2,1-3H3,(H2,19,20,21). The van der Waals surface area contributed by atoms with Crippen molar-refractivity contribution in [3.05, 3.63) is 51.4 Å². The number of halogens is 2. The Morgan fingerprint density at radius 2 is 2.13 bits per heavy atom. The van der Waals surface area contributed by atoms with Crippen molar-refractivity contribution in [3.63, 3.8) is 0 Å². The molecule has 23 heavy (non-hydrogen) atoms. The summed E-state index contributed by atoms with van der Waals surface area (Å²) >= 11 is 3.14. The van der Waals surface area contributed by atoms with E-state index in [2.05, 4.69) is 36.5 Å². The van der Waals surface area contributed by atoms with E-state index >= 15 is 0 Å². The van der Waals surface area contributed by atoms with Crippen molar-refractivity contribution in [2.45, 2.75) is 33.9 Å². The third-order valence-corrected chi connectivity index (χ3v) is 3.87. The molecule has 0 saturated heterocycles. The molecule has 0 unspecified atom stereocenters. The second-order valence-corrected chi connectivity index (χ2v) is 5.90. The van der Waals surface area contributed by atoms with Crippen LogP contribution in [0, 0.1) is 19.7 Å². The van der Waals surface area contributed by atoms with E-state index in [9.17, 15) is 4.39 Å². The van der Waals surface area contributed by atoms with Gasteiger partial charge in [-0.3, -0.25) is 0 Å². The summed E-state index contributed by atoms with van der Waals surface area (Å²) in [5.41, 5.74) is 1.68. The highest BCUT2D eigenvalue weighted by Crippen LogP contribution is 2.16. The fraction of sp³-hybridized carbons (Fsp3) is 0.375. The number of hydrogen-bond acceptors (Lipinski definition) is 3. The van der Waals surface area contributed by atoms with E-state index in [0.717, 1.165) is 23.6 Å². The summed E-state index contributed by atoms with van der Waals surface area (Å²) in [6, 6.07) is 4.98. The highest BCUT2D eigenvalue weighted by molar-refractivity contribution is 9.10. The SMILES string of the molecule is CCNC(=NCc1ccc(Br)c(F)c1)NCc1nc(C)c(C)o1. The van der Waals surface area contributed by atoms with Crippen molar-refractivity contribution < 1.29 is 8.81 Å². The van der Waals surface area contributed by atoms with E-state index < -0.39 is 0 Å². The minimum Gasteiger partial charge on any atom is -0.444 e. The van der Waals surface area contributed by atoms with E-state index in [4.69, 9.17) is 4.42 Å². The van der Waals surface area contributed by atoms with Gasteiger partial charge in [0.2, 0.25) is 5.89 Å². The van der Waals surface area contributed by atoms with Crippen molar-refractivity contribution in [3.8, 4) is 0 Å². The fourth-order valence-corrected chi connectivity index (χ4v) is 2.17. The van der Waals surface area contributed by atoms with Crippen LogP contribution in [0.2, 0.25) is 0 Å². The number of nitrogens with one attached hydrogen (secondary N) is 2. The van der Waals surface area contributed by atoms with Crippen molar-refractivity contribution in [1.82, 2.24) is 15.6 Å². The zero-order chi connectivity index (χ0) is 16.8. The Hall–Kier alpha value is -1.89. The Morgan fingerprint density at radius 3 is 2.74 bits per heavy atom.